The van der Waals surface area contributed by atoms with E-state index in [1.807, 2.05) is 31.2 Å². The Morgan fingerprint density at radius 1 is 1.38 bits per heavy atom. The Labute approximate surface area is 137 Å². The molecule has 2 N–H and O–H groups in total. The predicted molar refractivity (Wildman–Crippen MR) is 90.3 cm³/mol. The molecule has 24 heavy (non-hydrogen) atoms. The van der Waals surface area contributed by atoms with E-state index in [1.165, 1.54) is 4.57 Å². The average Bonchev–Trinajstić information content (AvgIpc) is 2.89. The molecular formula is C16H16N6O2. The highest BCUT2D eigenvalue weighted by Gasteiger charge is 2.17. The molecule has 8 nitrogen and oxygen atoms in total. The number of hydrogen-bond donors (Lipinski definition) is 2. The number of nitrogens with one attached hydrogen (secondary N) is 2. The Morgan fingerprint density at radius 2 is 2.17 bits per heavy atom. The molecule has 1 aromatic carbocycles. The molecule has 0 spiro atoms. The lowest BCUT2D eigenvalue weighted by Gasteiger charge is -2.09. The summed E-state index contributed by atoms with van der Waals surface area (Å²) in [6.45, 7) is 2.26. The molecule has 0 aliphatic heterocycles. The number of anilines is 2. The van der Waals surface area contributed by atoms with E-state index in [0.717, 1.165) is 11.3 Å². The van der Waals surface area contributed by atoms with Crippen LogP contribution in [0.1, 0.15) is 12.0 Å². The molecule has 0 aliphatic carbocycles. The van der Waals surface area contributed by atoms with Gasteiger partial charge in [0.05, 0.1) is 12.5 Å². The van der Waals surface area contributed by atoms with Gasteiger partial charge < -0.3 is 9.88 Å². The van der Waals surface area contributed by atoms with Crippen molar-refractivity contribution < 1.29 is 0 Å². The van der Waals surface area contributed by atoms with Crippen LogP contribution in [0.3, 0.4) is 0 Å². The Morgan fingerprint density at radius 3 is 2.88 bits per heavy atom. The summed E-state index contributed by atoms with van der Waals surface area (Å²) in [4.78, 5) is 30.7. The number of fused-ring (bicyclic) bond motifs is 1. The normalized spacial score (nSPS) is 10.7. The molecule has 3 aromatic rings. The Hall–Kier alpha value is -3.34. The minimum absolute atomic E-state index is 0.218. The maximum Gasteiger partial charge on any atom is 0.329 e. The first-order valence-corrected chi connectivity index (χ1v) is 7.41. The monoisotopic (exact) mass is 324 g/mol. The Balaban J connectivity index is 2.21. The number of nitrogens with zero attached hydrogens (tertiary/aromatic N) is 4. The molecule has 0 atom stereocenters. The summed E-state index contributed by atoms with van der Waals surface area (Å²) < 4.78 is 2.90. The van der Waals surface area contributed by atoms with Gasteiger partial charge in [0.15, 0.2) is 11.2 Å². The molecule has 0 aliphatic rings. The van der Waals surface area contributed by atoms with Crippen molar-refractivity contribution in [3.8, 4) is 6.07 Å². The fraction of sp³-hybridized carbons (Fsp3) is 0.250. The van der Waals surface area contributed by atoms with E-state index in [4.69, 9.17) is 5.26 Å². The van der Waals surface area contributed by atoms with Crippen molar-refractivity contribution in [2.45, 2.75) is 19.9 Å². The highest BCUT2D eigenvalue weighted by atomic mass is 16.2. The van der Waals surface area contributed by atoms with Gasteiger partial charge in [-0.15, -0.1) is 0 Å². The van der Waals surface area contributed by atoms with Crippen molar-refractivity contribution >= 4 is 22.8 Å². The van der Waals surface area contributed by atoms with Crippen molar-refractivity contribution in [3.63, 3.8) is 0 Å². The van der Waals surface area contributed by atoms with Gasteiger partial charge in [-0.2, -0.15) is 10.2 Å². The molecule has 2 aromatic heterocycles. The molecule has 0 bridgehead atoms. The second-order valence-electron chi connectivity index (χ2n) is 5.48. The molecule has 0 unspecified atom stereocenters. The lowest BCUT2D eigenvalue weighted by Crippen LogP contribution is -2.29. The van der Waals surface area contributed by atoms with Crippen LogP contribution >= 0.6 is 0 Å². The van der Waals surface area contributed by atoms with Crippen molar-refractivity contribution in [3.05, 3.63) is 50.7 Å². The minimum Gasteiger partial charge on any atom is -0.326 e. The van der Waals surface area contributed by atoms with E-state index < -0.39 is 11.2 Å². The average molecular weight is 324 g/mol. The Kier molecular flexibility index (Phi) is 3.92. The van der Waals surface area contributed by atoms with E-state index in [-0.39, 0.29) is 17.6 Å². The summed E-state index contributed by atoms with van der Waals surface area (Å²) in [6, 6.07) is 9.76. The predicted octanol–water partition coefficient (Wildman–Crippen LogP) is 1.39. The fourth-order valence-corrected chi connectivity index (χ4v) is 2.56. The van der Waals surface area contributed by atoms with Gasteiger partial charge in [-0.25, -0.2) is 4.79 Å². The van der Waals surface area contributed by atoms with Gasteiger partial charge in [0.25, 0.3) is 5.56 Å². The van der Waals surface area contributed by atoms with Crippen molar-refractivity contribution in [1.82, 2.24) is 19.1 Å². The number of aromatic amines is 1. The zero-order chi connectivity index (χ0) is 17.3. The van der Waals surface area contributed by atoms with Crippen LogP contribution in [0.2, 0.25) is 0 Å². The molecule has 0 amide bonds. The molecule has 122 valence electrons. The number of H-pyrrole nitrogens is 1. The van der Waals surface area contributed by atoms with E-state index >= 15 is 0 Å². The fourth-order valence-electron chi connectivity index (χ4n) is 2.56. The first-order valence-electron chi connectivity index (χ1n) is 7.41. The molecule has 0 saturated carbocycles. The first-order chi connectivity index (χ1) is 11.5. The minimum atomic E-state index is -0.528. The third kappa shape index (κ3) is 2.67. The summed E-state index contributed by atoms with van der Waals surface area (Å²) >= 11 is 0. The summed E-state index contributed by atoms with van der Waals surface area (Å²) in [7, 11) is 1.54. The number of aryl methyl sites for hydroxylation is 3. The lowest BCUT2D eigenvalue weighted by molar-refractivity contribution is 0.739. The lowest BCUT2D eigenvalue weighted by atomic mass is 10.2. The van der Waals surface area contributed by atoms with Crippen LogP contribution in [0.4, 0.5) is 11.6 Å². The van der Waals surface area contributed by atoms with Crippen LogP contribution in [-0.2, 0) is 13.6 Å². The van der Waals surface area contributed by atoms with Crippen LogP contribution in [0.25, 0.3) is 11.2 Å². The van der Waals surface area contributed by atoms with Gasteiger partial charge in [0, 0.05) is 19.3 Å². The maximum atomic E-state index is 12.2. The molecule has 3 rings (SSSR count). The number of hydrogen-bond acceptors (Lipinski definition) is 5. The smallest absolute Gasteiger partial charge is 0.326 e. The Bertz CT molecular complexity index is 1070. The van der Waals surface area contributed by atoms with Crippen LogP contribution < -0.4 is 16.6 Å². The second kappa shape index (κ2) is 6.04. The molecule has 0 fully saturated rings. The topological polar surface area (TPSA) is 108 Å². The van der Waals surface area contributed by atoms with Crippen LogP contribution in [0.5, 0.6) is 0 Å². The third-order valence-corrected chi connectivity index (χ3v) is 3.73. The van der Waals surface area contributed by atoms with Crippen molar-refractivity contribution in [2.24, 2.45) is 7.05 Å². The standard InChI is InChI=1S/C16H16N6O2/c1-10-5-3-6-11(9-10)18-15-19-13-12(22(15)8-4-7-17)14(23)20-16(24)21(13)2/h3,5-6,9H,4,8H2,1-2H3,(H,18,19)(H,20,23,24). The second-order valence-corrected chi connectivity index (χ2v) is 5.48. The zero-order valence-electron chi connectivity index (χ0n) is 13.3. The third-order valence-electron chi connectivity index (χ3n) is 3.73. The van der Waals surface area contributed by atoms with Crippen LogP contribution in [0, 0.1) is 18.3 Å². The highest BCUT2D eigenvalue weighted by Crippen LogP contribution is 2.21. The van der Waals surface area contributed by atoms with E-state index in [1.54, 1.807) is 11.6 Å². The van der Waals surface area contributed by atoms with Gasteiger partial charge in [0.1, 0.15) is 0 Å². The number of imidazole rings is 1. The summed E-state index contributed by atoms with van der Waals surface area (Å²) in [6.07, 6.45) is 0.218. The van der Waals surface area contributed by atoms with Gasteiger partial charge in [0.2, 0.25) is 5.95 Å². The number of benzene rings is 1. The summed E-state index contributed by atoms with van der Waals surface area (Å²) in [5, 5.41) is 12.0. The molecule has 8 heteroatoms. The van der Waals surface area contributed by atoms with Gasteiger partial charge in [-0.05, 0) is 24.6 Å². The number of nitriles is 1. The molecule has 2 heterocycles. The van der Waals surface area contributed by atoms with Crippen LogP contribution in [-0.4, -0.2) is 19.1 Å². The quantitative estimate of drug-likeness (QED) is 0.754. The van der Waals surface area contributed by atoms with Gasteiger partial charge in [-0.3, -0.25) is 14.3 Å². The van der Waals surface area contributed by atoms with Crippen LogP contribution in [0.15, 0.2) is 33.9 Å². The first kappa shape index (κ1) is 15.6. The summed E-state index contributed by atoms with van der Waals surface area (Å²) in [5.41, 5.74) is 1.38. The SMILES string of the molecule is Cc1cccc(Nc2nc3c(c(=O)[nH]c(=O)n3C)n2CCC#N)c1. The molecule has 0 radical (unpaired) electrons. The number of aromatic nitrogens is 4. The largest absolute Gasteiger partial charge is 0.329 e. The van der Waals surface area contributed by atoms with E-state index in [9.17, 15) is 9.59 Å². The van der Waals surface area contributed by atoms with E-state index in [2.05, 4.69) is 21.4 Å². The summed E-state index contributed by atoms with van der Waals surface area (Å²) in [5.74, 6) is 0.414. The molecule has 0 saturated heterocycles. The maximum absolute atomic E-state index is 12.2. The van der Waals surface area contributed by atoms with Gasteiger partial charge >= 0.3 is 5.69 Å². The van der Waals surface area contributed by atoms with Crippen molar-refractivity contribution in [2.75, 3.05) is 5.32 Å². The highest BCUT2D eigenvalue weighted by molar-refractivity contribution is 5.75. The zero-order valence-corrected chi connectivity index (χ0v) is 13.3. The van der Waals surface area contributed by atoms with E-state index in [0.29, 0.717) is 12.5 Å². The number of rotatable bonds is 4. The van der Waals surface area contributed by atoms with Gasteiger partial charge in [-0.1, -0.05) is 12.1 Å². The van der Waals surface area contributed by atoms with Crippen molar-refractivity contribution in [1.29, 1.82) is 5.26 Å². The molecular weight excluding hydrogens is 308 g/mol.